The molecule has 0 saturated carbocycles. The molecule has 4 aromatic rings. The van der Waals surface area contributed by atoms with Crippen LogP contribution in [0.4, 0.5) is 17.4 Å². The number of rotatable bonds is 8. The van der Waals surface area contributed by atoms with E-state index < -0.39 is 5.97 Å². The third kappa shape index (κ3) is 5.20. The van der Waals surface area contributed by atoms with Crippen LogP contribution in [0.15, 0.2) is 59.4 Å². The molecule has 3 aromatic heterocycles. The number of anilines is 3. The van der Waals surface area contributed by atoms with Crippen LogP contribution in [0.5, 0.6) is 0 Å². The van der Waals surface area contributed by atoms with Crippen LogP contribution in [-0.4, -0.2) is 39.0 Å². The summed E-state index contributed by atoms with van der Waals surface area (Å²) in [4.78, 5) is 38.2. The Labute approximate surface area is 196 Å². The first-order chi connectivity index (χ1) is 16.3. The number of nitrogens with one attached hydrogen (secondary N) is 1. The number of aliphatic carboxylic acids is 1. The zero-order valence-electron chi connectivity index (χ0n) is 19.1. The number of likely N-dealkylation sites (N-methyl/N-ethyl adjacent to an activating group) is 1. The van der Waals surface area contributed by atoms with Gasteiger partial charge in [0.2, 0.25) is 5.91 Å². The van der Waals surface area contributed by atoms with Crippen molar-refractivity contribution in [1.29, 1.82) is 0 Å². The van der Waals surface area contributed by atoms with Crippen LogP contribution < -0.4 is 10.2 Å². The van der Waals surface area contributed by atoms with Gasteiger partial charge in [-0.25, -0.2) is 0 Å². The smallest absolute Gasteiger partial charge is 0.304 e. The van der Waals surface area contributed by atoms with Gasteiger partial charge in [0, 0.05) is 24.9 Å². The summed E-state index contributed by atoms with van der Waals surface area (Å²) < 4.78 is 5.83. The summed E-state index contributed by atoms with van der Waals surface area (Å²) in [5.41, 5.74) is 5.20. The second kappa shape index (κ2) is 9.70. The molecule has 1 aromatic carbocycles. The molecule has 4 rings (SSSR count). The first kappa shape index (κ1) is 22.9. The van der Waals surface area contributed by atoms with Gasteiger partial charge in [-0.1, -0.05) is 13.0 Å². The van der Waals surface area contributed by atoms with Crippen LogP contribution in [0.1, 0.15) is 36.1 Å². The van der Waals surface area contributed by atoms with Crippen molar-refractivity contribution < 1.29 is 19.1 Å². The highest BCUT2D eigenvalue weighted by molar-refractivity contribution is 5.94. The number of pyridine rings is 2. The monoisotopic (exact) mass is 459 g/mol. The van der Waals surface area contributed by atoms with E-state index in [0.717, 1.165) is 16.8 Å². The van der Waals surface area contributed by atoms with E-state index in [4.69, 9.17) is 9.52 Å². The van der Waals surface area contributed by atoms with Gasteiger partial charge in [-0.3, -0.25) is 19.6 Å². The molecule has 0 fully saturated rings. The van der Waals surface area contributed by atoms with Crippen molar-refractivity contribution in [3.8, 4) is 0 Å². The predicted octanol–water partition coefficient (Wildman–Crippen LogP) is 4.45. The zero-order valence-corrected chi connectivity index (χ0v) is 19.1. The van der Waals surface area contributed by atoms with Gasteiger partial charge in [0.25, 0.3) is 6.01 Å². The number of carbonyl (C=O) groups is 2. The molecule has 1 unspecified atom stereocenters. The third-order valence-electron chi connectivity index (χ3n) is 5.61. The molecule has 9 heteroatoms. The lowest BCUT2D eigenvalue weighted by atomic mass is 10.0. The van der Waals surface area contributed by atoms with Crippen molar-refractivity contribution in [3.63, 3.8) is 0 Å². The molecular weight excluding hydrogens is 434 g/mol. The number of carboxylic acids is 1. The molecule has 0 bridgehead atoms. The largest absolute Gasteiger partial charge is 0.481 e. The quantitative estimate of drug-likeness (QED) is 0.396. The fourth-order valence-corrected chi connectivity index (χ4v) is 3.53. The number of hydrogen-bond acceptors (Lipinski definition) is 7. The topological polar surface area (TPSA) is 121 Å². The minimum absolute atomic E-state index is 0.00428. The number of fused-ring (bicyclic) bond motifs is 1. The fraction of sp³-hybridized carbons (Fsp3) is 0.240. The maximum atomic E-state index is 12.9. The molecule has 174 valence electrons. The SMILES string of the molecule is Cc1ccncc1Nc1nc2ccc(CC(=O)N(C)c3ccc(C(C)CC(=O)O)nc3)cc2o1. The maximum absolute atomic E-state index is 12.9. The minimum Gasteiger partial charge on any atom is -0.481 e. The number of oxazole rings is 1. The number of nitrogens with zero attached hydrogens (tertiary/aromatic N) is 4. The highest BCUT2D eigenvalue weighted by Gasteiger charge is 2.16. The van der Waals surface area contributed by atoms with Crippen molar-refractivity contribution in [3.05, 3.63) is 71.8 Å². The van der Waals surface area contributed by atoms with Gasteiger partial charge in [0.15, 0.2) is 5.58 Å². The number of carboxylic acid groups (broad SMARTS) is 1. The predicted molar refractivity (Wildman–Crippen MR) is 128 cm³/mol. The van der Waals surface area contributed by atoms with Crippen molar-refractivity contribution in [2.24, 2.45) is 0 Å². The lowest BCUT2D eigenvalue weighted by molar-refractivity contribution is -0.137. The van der Waals surface area contributed by atoms with Crippen LogP contribution in [0.25, 0.3) is 11.1 Å². The van der Waals surface area contributed by atoms with Crippen LogP contribution in [0.2, 0.25) is 0 Å². The Balaban J connectivity index is 1.44. The normalized spacial score (nSPS) is 11.9. The molecule has 1 amide bonds. The lowest BCUT2D eigenvalue weighted by Crippen LogP contribution is -2.28. The zero-order chi connectivity index (χ0) is 24.2. The van der Waals surface area contributed by atoms with Gasteiger partial charge in [0.1, 0.15) is 5.52 Å². The van der Waals surface area contributed by atoms with E-state index in [1.165, 1.54) is 4.90 Å². The highest BCUT2D eigenvalue weighted by atomic mass is 16.4. The Kier molecular flexibility index (Phi) is 6.53. The second-order valence-electron chi connectivity index (χ2n) is 8.21. The van der Waals surface area contributed by atoms with E-state index in [1.807, 2.05) is 38.1 Å². The van der Waals surface area contributed by atoms with Crippen molar-refractivity contribution in [2.45, 2.75) is 32.6 Å². The third-order valence-corrected chi connectivity index (χ3v) is 5.61. The van der Waals surface area contributed by atoms with Gasteiger partial charge in [-0.15, -0.1) is 0 Å². The molecule has 0 aliphatic carbocycles. The Morgan fingerprint density at radius 1 is 1.18 bits per heavy atom. The summed E-state index contributed by atoms with van der Waals surface area (Å²) in [6, 6.07) is 11.3. The Morgan fingerprint density at radius 3 is 2.71 bits per heavy atom. The molecule has 9 nitrogen and oxygen atoms in total. The average molecular weight is 460 g/mol. The molecule has 0 saturated heterocycles. The number of aromatic nitrogens is 3. The van der Waals surface area contributed by atoms with E-state index in [-0.39, 0.29) is 24.7 Å². The summed E-state index contributed by atoms with van der Waals surface area (Å²) in [6.07, 6.45) is 5.19. The van der Waals surface area contributed by atoms with Gasteiger partial charge in [-0.2, -0.15) is 4.98 Å². The number of carbonyl (C=O) groups excluding carboxylic acids is 1. The van der Waals surface area contributed by atoms with E-state index in [9.17, 15) is 9.59 Å². The van der Waals surface area contributed by atoms with Gasteiger partial charge in [0.05, 0.1) is 36.6 Å². The van der Waals surface area contributed by atoms with Crippen LogP contribution in [-0.2, 0) is 16.0 Å². The molecule has 0 spiro atoms. The number of hydrogen-bond donors (Lipinski definition) is 2. The Hall–Kier alpha value is -4.27. The molecule has 2 N–H and O–H groups in total. The Morgan fingerprint density at radius 2 is 2.00 bits per heavy atom. The van der Waals surface area contributed by atoms with Crippen molar-refractivity contribution in [2.75, 3.05) is 17.3 Å². The molecular formula is C25H25N5O4. The maximum Gasteiger partial charge on any atom is 0.304 e. The van der Waals surface area contributed by atoms with Crippen LogP contribution >= 0.6 is 0 Å². The van der Waals surface area contributed by atoms with Crippen molar-refractivity contribution >= 4 is 40.4 Å². The van der Waals surface area contributed by atoms with Crippen molar-refractivity contribution in [1.82, 2.24) is 15.0 Å². The van der Waals surface area contributed by atoms with E-state index in [0.29, 0.717) is 28.5 Å². The molecule has 0 radical (unpaired) electrons. The van der Waals surface area contributed by atoms with Gasteiger partial charge >= 0.3 is 5.97 Å². The number of amides is 1. The van der Waals surface area contributed by atoms with Gasteiger partial charge < -0.3 is 19.7 Å². The minimum atomic E-state index is -0.871. The van der Waals surface area contributed by atoms with E-state index >= 15 is 0 Å². The van der Waals surface area contributed by atoms with Crippen LogP contribution in [0.3, 0.4) is 0 Å². The Bertz CT molecular complexity index is 1330. The number of benzene rings is 1. The van der Waals surface area contributed by atoms with Crippen LogP contribution in [0, 0.1) is 6.92 Å². The second-order valence-corrected chi connectivity index (χ2v) is 8.21. The standard InChI is InChI=1S/C25H25N5O4/c1-15-8-9-26-14-21(15)29-25-28-20-6-4-17(11-22(20)34-25)12-23(31)30(3)18-5-7-19(27-13-18)16(2)10-24(32)33/h4-9,11,13-14,16H,10,12H2,1-3H3,(H,28,29)(H,32,33). The number of aryl methyl sites for hydroxylation is 1. The molecule has 0 aliphatic heterocycles. The highest BCUT2D eigenvalue weighted by Crippen LogP contribution is 2.25. The first-order valence-electron chi connectivity index (χ1n) is 10.8. The lowest BCUT2D eigenvalue weighted by Gasteiger charge is -2.18. The summed E-state index contributed by atoms with van der Waals surface area (Å²) in [6.45, 7) is 3.77. The summed E-state index contributed by atoms with van der Waals surface area (Å²) >= 11 is 0. The van der Waals surface area contributed by atoms with Gasteiger partial charge in [-0.05, 0) is 48.4 Å². The fourth-order valence-electron chi connectivity index (χ4n) is 3.53. The summed E-state index contributed by atoms with van der Waals surface area (Å²) in [7, 11) is 1.69. The summed E-state index contributed by atoms with van der Waals surface area (Å²) in [5, 5.41) is 12.1. The first-order valence-corrected chi connectivity index (χ1v) is 10.8. The van der Waals surface area contributed by atoms with E-state index in [1.54, 1.807) is 37.8 Å². The average Bonchev–Trinajstić information content (AvgIpc) is 3.21. The van der Waals surface area contributed by atoms with E-state index in [2.05, 4.69) is 20.3 Å². The molecule has 0 aliphatic rings. The molecule has 34 heavy (non-hydrogen) atoms. The molecule has 1 atom stereocenters. The summed E-state index contributed by atoms with van der Waals surface area (Å²) in [5.74, 6) is -1.19. The molecule has 3 heterocycles.